The van der Waals surface area contributed by atoms with Gasteiger partial charge in [0.25, 0.3) is 0 Å². The summed E-state index contributed by atoms with van der Waals surface area (Å²) in [6, 6.07) is 10.3. The third-order valence-electron chi connectivity index (χ3n) is 3.87. The summed E-state index contributed by atoms with van der Waals surface area (Å²) >= 11 is 1.74. The van der Waals surface area contributed by atoms with Crippen LogP contribution in [-0.2, 0) is 17.8 Å². The van der Waals surface area contributed by atoms with Gasteiger partial charge < -0.3 is 15.5 Å². The quantitative estimate of drug-likeness (QED) is 0.909. The van der Waals surface area contributed by atoms with Crippen molar-refractivity contribution in [2.45, 2.75) is 25.9 Å². The van der Waals surface area contributed by atoms with E-state index in [0.29, 0.717) is 18.8 Å². The van der Waals surface area contributed by atoms with E-state index in [2.05, 4.69) is 22.1 Å². The molecule has 1 aromatic carbocycles. The second-order valence-corrected chi connectivity index (χ2v) is 6.57. The number of anilines is 1. The van der Waals surface area contributed by atoms with Crippen LogP contribution in [0.25, 0.3) is 0 Å². The molecule has 1 unspecified atom stereocenters. The van der Waals surface area contributed by atoms with Crippen molar-refractivity contribution < 1.29 is 9.59 Å². The Hall–Kier alpha value is -2.34. The van der Waals surface area contributed by atoms with Crippen LogP contribution >= 0.6 is 11.3 Å². The molecule has 3 amide bonds. The van der Waals surface area contributed by atoms with Gasteiger partial charge in [-0.1, -0.05) is 18.2 Å². The Morgan fingerprint density at radius 1 is 1.22 bits per heavy atom. The van der Waals surface area contributed by atoms with E-state index >= 15 is 0 Å². The van der Waals surface area contributed by atoms with Gasteiger partial charge in [0.2, 0.25) is 5.91 Å². The average Bonchev–Trinajstić information content (AvgIpc) is 3.02. The van der Waals surface area contributed by atoms with Crippen LogP contribution in [0.2, 0.25) is 0 Å². The third kappa shape index (κ3) is 3.71. The first-order valence-corrected chi connectivity index (χ1v) is 8.48. The van der Waals surface area contributed by atoms with Gasteiger partial charge in [0.15, 0.2) is 0 Å². The molecule has 0 aliphatic carbocycles. The number of rotatable bonds is 3. The largest absolute Gasteiger partial charge is 0.336 e. The fourth-order valence-electron chi connectivity index (χ4n) is 2.66. The van der Waals surface area contributed by atoms with Gasteiger partial charge in [0, 0.05) is 23.7 Å². The molecule has 1 aliphatic rings. The topological polar surface area (TPSA) is 61.4 Å². The highest BCUT2D eigenvalue weighted by molar-refractivity contribution is 7.10. The van der Waals surface area contributed by atoms with Crippen LogP contribution in [0.5, 0.6) is 0 Å². The van der Waals surface area contributed by atoms with Crippen LogP contribution in [0, 0.1) is 0 Å². The van der Waals surface area contributed by atoms with Crippen molar-refractivity contribution in [2.75, 3.05) is 11.9 Å². The second-order valence-electron chi connectivity index (χ2n) is 5.56. The maximum atomic E-state index is 12.5. The highest BCUT2D eigenvalue weighted by Crippen LogP contribution is 2.24. The number of fused-ring (bicyclic) bond motifs is 1. The Bertz CT molecular complexity index is 699. The number of nitrogens with zero attached hydrogens (tertiary/aromatic N) is 1. The summed E-state index contributed by atoms with van der Waals surface area (Å²) in [5.74, 6) is -0.0509. The van der Waals surface area contributed by atoms with Gasteiger partial charge >= 0.3 is 6.03 Å². The number of thiophene rings is 1. The lowest BCUT2D eigenvalue weighted by Crippen LogP contribution is -2.49. The Balaban J connectivity index is 1.55. The molecule has 2 aromatic rings. The van der Waals surface area contributed by atoms with Gasteiger partial charge in [-0.25, -0.2) is 4.79 Å². The van der Waals surface area contributed by atoms with E-state index in [1.54, 1.807) is 30.4 Å². The number of carbonyl (C=O) groups is 2. The number of para-hydroxylation sites is 1. The molecule has 5 nitrogen and oxygen atoms in total. The summed E-state index contributed by atoms with van der Waals surface area (Å²) in [6.45, 7) is 3.05. The minimum Gasteiger partial charge on any atom is -0.336 e. The summed E-state index contributed by atoms with van der Waals surface area (Å²) in [6.07, 6.45) is 0.891. The molecule has 1 aromatic heterocycles. The zero-order valence-electron chi connectivity index (χ0n) is 12.9. The Morgan fingerprint density at radius 3 is 2.78 bits per heavy atom. The van der Waals surface area contributed by atoms with Crippen molar-refractivity contribution >= 4 is 29.0 Å². The van der Waals surface area contributed by atoms with Crippen molar-refractivity contribution in [3.8, 4) is 0 Å². The van der Waals surface area contributed by atoms with Gasteiger partial charge in [-0.2, -0.15) is 0 Å². The highest BCUT2D eigenvalue weighted by Gasteiger charge is 2.26. The van der Waals surface area contributed by atoms with Gasteiger partial charge in [-0.3, -0.25) is 4.79 Å². The number of hydrogen-bond acceptors (Lipinski definition) is 3. The molecule has 0 saturated heterocycles. The van der Waals surface area contributed by atoms with Crippen molar-refractivity contribution in [3.63, 3.8) is 0 Å². The minimum atomic E-state index is -0.557. The molecule has 23 heavy (non-hydrogen) atoms. The number of amides is 3. The van der Waals surface area contributed by atoms with Gasteiger partial charge in [-0.15, -0.1) is 11.3 Å². The summed E-state index contributed by atoms with van der Waals surface area (Å²) in [5, 5.41) is 7.49. The number of benzene rings is 1. The predicted molar refractivity (Wildman–Crippen MR) is 91.5 cm³/mol. The summed E-state index contributed by atoms with van der Waals surface area (Å²) in [5.41, 5.74) is 1.92. The van der Waals surface area contributed by atoms with Gasteiger partial charge in [0.05, 0.1) is 0 Å². The molecule has 0 bridgehead atoms. The summed E-state index contributed by atoms with van der Waals surface area (Å²) in [4.78, 5) is 27.6. The van der Waals surface area contributed by atoms with E-state index in [1.807, 2.05) is 23.1 Å². The number of nitrogens with one attached hydrogen (secondary N) is 2. The monoisotopic (exact) mass is 329 g/mol. The van der Waals surface area contributed by atoms with Crippen LogP contribution in [0.1, 0.15) is 17.4 Å². The van der Waals surface area contributed by atoms with Crippen LogP contribution in [0.15, 0.2) is 41.8 Å². The van der Waals surface area contributed by atoms with Crippen molar-refractivity contribution in [1.29, 1.82) is 0 Å². The van der Waals surface area contributed by atoms with E-state index in [0.717, 1.165) is 6.42 Å². The van der Waals surface area contributed by atoms with Gasteiger partial charge in [-0.05, 0) is 42.5 Å². The van der Waals surface area contributed by atoms with E-state index in [-0.39, 0.29) is 11.9 Å². The second kappa shape index (κ2) is 6.83. The maximum Gasteiger partial charge on any atom is 0.319 e. The first kappa shape index (κ1) is 15.6. The van der Waals surface area contributed by atoms with Crippen molar-refractivity contribution in [2.24, 2.45) is 0 Å². The van der Waals surface area contributed by atoms with Crippen molar-refractivity contribution in [3.05, 3.63) is 52.2 Å². The van der Waals surface area contributed by atoms with Crippen LogP contribution in [0.4, 0.5) is 10.5 Å². The maximum absolute atomic E-state index is 12.5. The zero-order valence-corrected chi connectivity index (χ0v) is 13.7. The summed E-state index contributed by atoms with van der Waals surface area (Å²) < 4.78 is 0. The lowest BCUT2D eigenvalue weighted by Gasteiger charge is -2.29. The third-order valence-corrected chi connectivity index (χ3v) is 4.89. The molecular formula is C17H19N3O2S. The molecule has 120 valence electrons. The molecular weight excluding hydrogens is 310 g/mol. The molecule has 2 heterocycles. The molecule has 3 rings (SSSR count). The van der Waals surface area contributed by atoms with Crippen LogP contribution in [0.3, 0.4) is 0 Å². The number of carbonyl (C=O) groups excluding carboxylic acids is 2. The highest BCUT2D eigenvalue weighted by atomic mass is 32.1. The molecule has 2 N–H and O–H groups in total. The lowest BCUT2D eigenvalue weighted by atomic mass is 10.1. The van der Waals surface area contributed by atoms with E-state index in [1.165, 1.54) is 10.4 Å². The predicted octanol–water partition coefficient (Wildman–Crippen LogP) is 2.84. The minimum absolute atomic E-state index is 0.0509. The molecule has 6 heteroatoms. The zero-order chi connectivity index (χ0) is 16.2. The smallest absolute Gasteiger partial charge is 0.319 e. The molecule has 0 radical (unpaired) electrons. The summed E-state index contributed by atoms with van der Waals surface area (Å²) in [7, 11) is 0. The van der Waals surface area contributed by atoms with Gasteiger partial charge in [0.1, 0.15) is 6.04 Å². The Morgan fingerprint density at radius 2 is 2.00 bits per heavy atom. The average molecular weight is 329 g/mol. The lowest BCUT2D eigenvalue weighted by molar-refractivity contribution is -0.133. The first-order chi connectivity index (χ1) is 11.1. The molecule has 1 aliphatic heterocycles. The fourth-order valence-corrected chi connectivity index (χ4v) is 3.55. The van der Waals surface area contributed by atoms with E-state index < -0.39 is 6.04 Å². The fraction of sp³-hybridized carbons (Fsp3) is 0.294. The molecule has 0 fully saturated rings. The van der Waals surface area contributed by atoms with E-state index in [9.17, 15) is 9.59 Å². The SMILES string of the molecule is CC(NC(=O)Nc1ccccc1)C(=O)N1CCc2sccc2C1. The van der Waals surface area contributed by atoms with Crippen LogP contribution < -0.4 is 10.6 Å². The Kier molecular flexibility index (Phi) is 4.62. The molecule has 0 saturated carbocycles. The normalized spacial score (nSPS) is 14.7. The number of urea groups is 1. The van der Waals surface area contributed by atoms with E-state index in [4.69, 9.17) is 0 Å². The first-order valence-electron chi connectivity index (χ1n) is 7.60. The Labute approximate surface area is 139 Å². The standard InChI is InChI=1S/C17H19N3O2S/c1-12(18-17(22)19-14-5-3-2-4-6-14)16(21)20-9-7-15-13(11-20)8-10-23-15/h2-6,8,10,12H,7,9,11H2,1H3,(H2,18,19,22). The molecule has 1 atom stereocenters. The molecule has 0 spiro atoms. The van der Waals surface area contributed by atoms with Crippen molar-refractivity contribution in [1.82, 2.24) is 10.2 Å². The van der Waals surface area contributed by atoms with Crippen LogP contribution in [-0.4, -0.2) is 29.4 Å². The number of hydrogen-bond donors (Lipinski definition) is 2.